The van der Waals surface area contributed by atoms with Crippen LogP contribution >= 0.6 is 0 Å². The number of aliphatic hydroxyl groups excluding tert-OH is 3. The van der Waals surface area contributed by atoms with Gasteiger partial charge >= 0.3 is 0 Å². The van der Waals surface area contributed by atoms with Gasteiger partial charge in [-0.3, -0.25) is 8.42 Å². The van der Waals surface area contributed by atoms with E-state index in [-0.39, 0.29) is 12.8 Å². The highest BCUT2D eigenvalue weighted by Crippen LogP contribution is 2.15. The Hall–Kier alpha value is 0.1000. The van der Waals surface area contributed by atoms with Crippen LogP contribution in [0, 0.1) is 0 Å². The first-order chi connectivity index (χ1) is 7.45. The van der Waals surface area contributed by atoms with E-state index in [4.69, 9.17) is 10.2 Å². The molecule has 0 aliphatic rings. The lowest BCUT2D eigenvalue weighted by Crippen LogP contribution is -2.43. The van der Waals surface area contributed by atoms with Crippen LogP contribution in [-0.2, 0) is 22.2 Å². The number of aliphatic hydroxyl groups is 3. The fourth-order valence-electron chi connectivity index (χ4n) is 1.26. The van der Waals surface area contributed by atoms with Gasteiger partial charge in [-0.2, -0.15) is 0 Å². The number of rotatable bonds is 8. The van der Waals surface area contributed by atoms with E-state index in [2.05, 4.69) is 0 Å². The van der Waals surface area contributed by atoms with Gasteiger partial charge in [0.1, 0.15) is 0 Å². The van der Waals surface area contributed by atoms with Gasteiger partial charge < -0.3 is 24.4 Å². The van der Waals surface area contributed by atoms with Gasteiger partial charge in [-0.15, -0.1) is 0 Å². The van der Waals surface area contributed by atoms with Crippen molar-refractivity contribution in [2.24, 2.45) is 0 Å². The fraction of sp³-hybridized carbons (Fsp3) is 1.00. The van der Waals surface area contributed by atoms with E-state index in [0.717, 1.165) is 0 Å². The van der Waals surface area contributed by atoms with E-state index in [1.165, 1.54) is 0 Å². The molecule has 7 nitrogen and oxygen atoms in total. The molecule has 0 amide bonds. The molecule has 0 aliphatic heterocycles. The fourth-order valence-corrected chi connectivity index (χ4v) is 2.79. The molecular formula is C7H14O7S2-2. The van der Waals surface area contributed by atoms with Gasteiger partial charge in [0.05, 0.1) is 16.6 Å². The van der Waals surface area contributed by atoms with Crippen molar-refractivity contribution in [2.45, 2.75) is 29.4 Å². The van der Waals surface area contributed by atoms with Crippen LogP contribution in [-0.4, -0.2) is 62.7 Å². The van der Waals surface area contributed by atoms with Gasteiger partial charge in [-0.25, -0.2) is 0 Å². The van der Waals surface area contributed by atoms with Crippen LogP contribution < -0.4 is 0 Å². The van der Waals surface area contributed by atoms with Crippen molar-refractivity contribution in [3.05, 3.63) is 0 Å². The number of hydrogen-bond acceptors (Lipinski definition) is 7. The van der Waals surface area contributed by atoms with E-state index in [0.29, 0.717) is 0 Å². The Bertz CT molecular complexity index is 223. The predicted octanol–water partition coefficient (Wildman–Crippen LogP) is -2.39. The van der Waals surface area contributed by atoms with Crippen LogP contribution in [0.1, 0.15) is 12.8 Å². The molecule has 0 radical (unpaired) electrons. The monoisotopic (exact) mass is 274 g/mol. The Morgan fingerprint density at radius 1 is 0.938 bits per heavy atom. The minimum atomic E-state index is -2.69. The molecule has 0 aromatic heterocycles. The molecule has 0 aliphatic carbocycles. The van der Waals surface area contributed by atoms with Gasteiger partial charge in [0.25, 0.3) is 0 Å². The average Bonchev–Trinajstić information content (AvgIpc) is 2.20. The SMILES string of the molecule is O=S([O-])C(CCO)C(O)C(CCO)S(=O)[O-]. The average molecular weight is 274 g/mol. The highest BCUT2D eigenvalue weighted by atomic mass is 32.2. The zero-order valence-electron chi connectivity index (χ0n) is 8.35. The molecule has 16 heavy (non-hydrogen) atoms. The molecule has 0 heterocycles. The molecule has 0 aromatic rings. The third kappa shape index (κ3) is 4.95. The van der Waals surface area contributed by atoms with Gasteiger partial charge in [0.15, 0.2) is 0 Å². The Morgan fingerprint density at radius 2 is 1.25 bits per heavy atom. The molecule has 0 aromatic carbocycles. The summed E-state index contributed by atoms with van der Waals surface area (Å²) in [6.45, 7) is -0.958. The van der Waals surface area contributed by atoms with Crippen molar-refractivity contribution in [3.63, 3.8) is 0 Å². The smallest absolute Gasteiger partial charge is 0.0806 e. The van der Waals surface area contributed by atoms with Crippen LogP contribution in [0.2, 0.25) is 0 Å². The molecule has 9 heteroatoms. The maximum atomic E-state index is 10.7. The Balaban J connectivity index is 4.71. The van der Waals surface area contributed by atoms with Crippen molar-refractivity contribution in [1.82, 2.24) is 0 Å². The van der Waals surface area contributed by atoms with Crippen LogP contribution in [0.25, 0.3) is 0 Å². The molecule has 0 saturated heterocycles. The van der Waals surface area contributed by atoms with Crippen LogP contribution in [0.3, 0.4) is 0 Å². The van der Waals surface area contributed by atoms with Gasteiger partial charge in [-0.1, -0.05) is 0 Å². The Kier molecular flexibility index (Phi) is 8.28. The lowest BCUT2D eigenvalue weighted by atomic mass is 10.1. The summed E-state index contributed by atoms with van der Waals surface area (Å²) in [7, 11) is 0. The minimum absolute atomic E-state index is 0.254. The van der Waals surface area contributed by atoms with Crippen molar-refractivity contribution < 1.29 is 32.8 Å². The highest BCUT2D eigenvalue weighted by Gasteiger charge is 2.28. The zero-order valence-corrected chi connectivity index (χ0v) is 9.98. The van der Waals surface area contributed by atoms with Crippen molar-refractivity contribution >= 4 is 22.2 Å². The molecule has 0 spiro atoms. The maximum Gasteiger partial charge on any atom is 0.0806 e. The van der Waals surface area contributed by atoms with E-state index in [1.807, 2.05) is 0 Å². The van der Waals surface area contributed by atoms with Crippen LogP contribution in [0.4, 0.5) is 0 Å². The first kappa shape index (κ1) is 16.1. The molecular weight excluding hydrogens is 260 g/mol. The number of hydrogen-bond donors (Lipinski definition) is 3. The third-order valence-corrected chi connectivity index (χ3v) is 4.10. The minimum Gasteiger partial charge on any atom is -0.772 e. The van der Waals surface area contributed by atoms with E-state index in [1.54, 1.807) is 0 Å². The van der Waals surface area contributed by atoms with Crippen LogP contribution in [0.5, 0.6) is 0 Å². The summed E-state index contributed by atoms with van der Waals surface area (Å²) < 4.78 is 42.9. The van der Waals surface area contributed by atoms with Crippen molar-refractivity contribution in [2.75, 3.05) is 13.2 Å². The summed E-state index contributed by atoms with van der Waals surface area (Å²) in [4.78, 5) is 0. The molecule has 3 N–H and O–H groups in total. The quantitative estimate of drug-likeness (QED) is 0.419. The summed E-state index contributed by atoms with van der Waals surface area (Å²) in [6, 6.07) is 0. The normalized spacial score (nSPS) is 21.1. The second-order valence-electron chi connectivity index (χ2n) is 3.11. The lowest BCUT2D eigenvalue weighted by molar-refractivity contribution is 0.133. The summed E-state index contributed by atoms with van der Waals surface area (Å²) >= 11 is -5.38. The Morgan fingerprint density at radius 3 is 1.44 bits per heavy atom. The van der Waals surface area contributed by atoms with Gasteiger partial charge in [-0.05, 0) is 35.0 Å². The second kappa shape index (κ2) is 8.23. The second-order valence-corrected chi connectivity index (χ2v) is 5.37. The molecule has 4 unspecified atom stereocenters. The maximum absolute atomic E-state index is 10.7. The zero-order chi connectivity index (χ0) is 12.7. The molecule has 0 fully saturated rings. The highest BCUT2D eigenvalue weighted by molar-refractivity contribution is 7.80. The van der Waals surface area contributed by atoms with Crippen molar-refractivity contribution in [3.8, 4) is 0 Å². The first-order valence-corrected chi connectivity index (χ1v) is 6.79. The van der Waals surface area contributed by atoms with E-state index < -0.39 is 52.0 Å². The summed E-state index contributed by atoms with van der Waals surface area (Å²) in [6.07, 6.45) is -2.16. The lowest BCUT2D eigenvalue weighted by Gasteiger charge is -2.31. The largest absolute Gasteiger partial charge is 0.772 e. The van der Waals surface area contributed by atoms with E-state index in [9.17, 15) is 22.6 Å². The molecule has 0 saturated carbocycles. The molecule has 0 rings (SSSR count). The predicted molar refractivity (Wildman–Crippen MR) is 54.8 cm³/mol. The summed E-state index contributed by atoms with van der Waals surface area (Å²) in [5, 5.41) is 24.0. The topological polar surface area (TPSA) is 141 Å². The summed E-state index contributed by atoms with van der Waals surface area (Å²) in [5.41, 5.74) is 0. The van der Waals surface area contributed by atoms with Crippen LogP contribution in [0.15, 0.2) is 0 Å². The Labute approximate surface area is 98.1 Å². The first-order valence-electron chi connectivity index (χ1n) is 4.51. The summed E-state index contributed by atoms with van der Waals surface area (Å²) in [5.74, 6) is 0. The van der Waals surface area contributed by atoms with Crippen molar-refractivity contribution in [1.29, 1.82) is 0 Å². The van der Waals surface area contributed by atoms with E-state index >= 15 is 0 Å². The molecule has 0 bridgehead atoms. The standard InChI is InChI=1S/C7H16O7S2/c8-3-1-5(15(11)12)7(10)6(2-4-9)16(13)14/h5-10H,1-4H2,(H,11,12)(H,13,14)/p-2. The molecule has 98 valence electrons. The molecule has 4 atom stereocenters. The van der Waals surface area contributed by atoms with Gasteiger partial charge in [0, 0.05) is 13.2 Å². The van der Waals surface area contributed by atoms with Gasteiger partial charge in [0.2, 0.25) is 0 Å². The third-order valence-electron chi connectivity index (χ3n) is 2.08.